The summed E-state index contributed by atoms with van der Waals surface area (Å²) in [6.45, 7) is 3.08. The molecule has 1 heterocycles. The highest BCUT2D eigenvalue weighted by Crippen LogP contribution is 2.12. The first-order valence-corrected chi connectivity index (χ1v) is 5.24. The van der Waals surface area contributed by atoms with E-state index in [4.69, 9.17) is 0 Å². The molecule has 0 saturated carbocycles. The molecule has 1 rings (SSSR count). The lowest BCUT2D eigenvalue weighted by atomic mass is 10.3. The monoisotopic (exact) mass is 187 g/mol. The predicted molar refractivity (Wildman–Crippen MR) is 49.2 cm³/mol. The van der Waals surface area contributed by atoms with Crippen molar-refractivity contribution in [1.82, 2.24) is 4.90 Å². The highest BCUT2D eigenvalue weighted by molar-refractivity contribution is 7.99. The van der Waals surface area contributed by atoms with Gasteiger partial charge in [0.15, 0.2) is 5.78 Å². The van der Waals surface area contributed by atoms with Gasteiger partial charge in [0.05, 0.1) is 13.0 Å². The van der Waals surface area contributed by atoms with Gasteiger partial charge in [-0.15, -0.1) is 0 Å². The molecule has 0 bridgehead atoms. The van der Waals surface area contributed by atoms with E-state index >= 15 is 0 Å². The molecule has 0 aliphatic carbocycles. The standard InChI is InChI=1S/C8H13NO2S/c1-6(12-2)4-9-5-7(10)3-8(9)11/h6H,3-5H2,1-2H3. The summed E-state index contributed by atoms with van der Waals surface area (Å²) in [4.78, 5) is 23.6. The number of ketones is 1. The number of hydrogen-bond acceptors (Lipinski definition) is 3. The molecule has 0 aromatic carbocycles. The topological polar surface area (TPSA) is 37.4 Å². The van der Waals surface area contributed by atoms with Crippen LogP contribution in [0.5, 0.6) is 0 Å². The first-order chi connectivity index (χ1) is 5.63. The van der Waals surface area contributed by atoms with E-state index in [9.17, 15) is 9.59 Å². The van der Waals surface area contributed by atoms with Crippen molar-refractivity contribution in [2.24, 2.45) is 0 Å². The van der Waals surface area contributed by atoms with E-state index in [1.165, 1.54) is 0 Å². The van der Waals surface area contributed by atoms with E-state index < -0.39 is 0 Å². The summed E-state index contributed by atoms with van der Waals surface area (Å²) in [5.41, 5.74) is 0. The minimum Gasteiger partial charge on any atom is -0.334 e. The lowest BCUT2D eigenvalue weighted by Gasteiger charge is -2.17. The molecule has 1 amide bonds. The normalized spacial score (nSPS) is 20.3. The lowest BCUT2D eigenvalue weighted by molar-refractivity contribution is -0.127. The average Bonchev–Trinajstić information content (AvgIpc) is 2.30. The molecule has 1 aliphatic heterocycles. The van der Waals surface area contributed by atoms with Crippen LogP contribution >= 0.6 is 11.8 Å². The highest BCUT2D eigenvalue weighted by Gasteiger charge is 2.27. The second-order valence-corrected chi connectivity index (χ2v) is 4.31. The summed E-state index contributed by atoms with van der Waals surface area (Å²) in [5.74, 6) is 0.0363. The van der Waals surface area contributed by atoms with Crippen LogP contribution in [0, 0.1) is 0 Å². The first-order valence-electron chi connectivity index (χ1n) is 3.95. The van der Waals surface area contributed by atoms with Gasteiger partial charge in [-0.1, -0.05) is 6.92 Å². The maximum Gasteiger partial charge on any atom is 0.230 e. The molecule has 1 aliphatic rings. The van der Waals surface area contributed by atoms with Crippen LogP contribution in [0.1, 0.15) is 13.3 Å². The quantitative estimate of drug-likeness (QED) is 0.605. The molecule has 12 heavy (non-hydrogen) atoms. The van der Waals surface area contributed by atoms with Crippen molar-refractivity contribution in [1.29, 1.82) is 0 Å². The van der Waals surface area contributed by atoms with Gasteiger partial charge in [-0.3, -0.25) is 9.59 Å². The minimum atomic E-state index is -0.0131. The molecule has 0 N–H and O–H groups in total. The van der Waals surface area contributed by atoms with E-state index in [2.05, 4.69) is 6.92 Å². The second-order valence-electron chi connectivity index (χ2n) is 3.04. The summed E-state index contributed by atoms with van der Waals surface area (Å²) >= 11 is 1.71. The first kappa shape index (κ1) is 9.58. The molecule has 0 aromatic heterocycles. The predicted octanol–water partition coefficient (Wildman–Crippen LogP) is 0.539. The minimum absolute atomic E-state index is 0.0131. The number of thioether (sulfide) groups is 1. The van der Waals surface area contributed by atoms with Crippen LogP contribution < -0.4 is 0 Å². The fourth-order valence-corrected chi connectivity index (χ4v) is 1.52. The van der Waals surface area contributed by atoms with Crippen LogP contribution in [-0.2, 0) is 9.59 Å². The summed E-state index contributed by atoms with van der Waals surface area (Å²) in [6.07, 6.45) is 2.12. The maximum absolute atomic E-state index is 11.1. The Bertz CT molecular complexity index is 205. The fourth-order valence-electron chi connectivity index (χ4n) is 1.19. The van der Waals surface area contributed by atoms with E-state index in [0.29, 0.717) is 18.3 Å². The number of amides is 1. The van der Waals surface area contributed by atoms with Gasteiger partial charge < -0.3 is 4.90 Å². The van der Waals surface area contributed by atoms with Gasteiger partial charge in [0.1, 0.15) is 0 Å². The van der Waals surface area contributed by atoms with Gasteiger partial charge in [0, 0.05) is 11.8 Å². The Balaban J connectivity index is 2.43. The van der Waals surface area contributed by atoms with Crippen molar-refractivity contribution in [3.8, 4) is 0 Å². The molecule has 4 heteroatoms. The Morgan fingerprint density at radius 3 is 2.67 bits per heavy atom. The van der Waals surface area contributed by atoms with E-state index in [0.717, 1.165) is 0 Å². The molecule has 0 radical (unpaired) electrons. The van der Waals surface area contributed by atoms with Gasteiger partial charge in [-0.05, 0) is 6.26 Å². The van der Waals surface area contributed by atoms with Gasteiger partial charge in [-0.25, -0.2) is 0 Å². The van der Waals surface area contributed by atoms with Crippen LogP contribution in [0.4, 0.5) is 0 Å². The summed E-state index contributed by atoms with van der Waals surface area (Å²) in [5, 5.41) is 0.417. The van der Waals surface area contributed by atoms with Crippen molar-refractivity contribution in [2.75, 3.05) is 19.3 Å². The Morgan fingerprint density at radius 1 is 1.58 bits per heavy atom. The number of nitrogens with zero attached hydrogens (tertiary/aromatic N) is 1. The van der Waals surface area contributed by atoms with Gasteiger partial charge >= 0.3 is 0 Å². The third kappa shape index (κ3) is 2.24. The molecule has 1 fully saturated rings. The van der Waals surface area contributed by atoms with Crippen LogP contribution in [0.25, 0.3) is 0 Å². The second kappa shape index (κ2) is 3.94. The van der Waals surface area contributed by atoms with Crippen LogP contribution in [0.2, 0.25) is 0 Å². The van der Waals surface area contributed by atoms with E-state index in [1.54, 1.807) is 16.7 Å². The van der Waals surface area contributed by atoms with Gasteiger partial charge in [-0.2, -0.15) is 11.8 Å². The van der Waals surface area contributed by atoms with Gasteiger partial charge in [0.2, 0.25) is 5.91 Å². The number of hydrogen-bond donors (Lipinski definition) is 0. The molecule has 0 aromatic rings. The maximum atomic E-state index is 11.1. The lowest BCUT2D eigenvalue weighted by Crippen LogP contribution is -2.31. The van der Waals surface area contributed by atoms with Crippen molar-refractivity contribution < 1.29 is 9.59 Å². The zero-order chi connectivity index (χ0) is 9.14. The van der Waals surface area contributed by atoms with Crippen molar-refractivity contribution in [2.45, 2.75) is 18.6 Å². The van der Waals surface area contributed by atoms with Crippen LogP contribution in [-0.4, -0.2) is 41.2 Å². The average molecular weight is 187 g/mol. The molecular formula is C8H13NO2S. The SMILES string of the molecule is CSC(C)CN1CC(=O)CC1=O. The molecule has 3 nitrogen and oxygen atoms in total. The van der Waals surface area contributed by atoms with Crippen LogP contribution in [0.3, 0.4) is 0 Å². The molecule has 1 saturated heterocycles. The number of likely N-dealkylation sites (tertiary alicyclic amines) is 1. The zero-order valence-corrected chi connectivity index (χ0v) is 8.19. The van der Waals surface area contributed by atoms with Crippen molar-refractivity contribution >= 4 is 23.5 Å². The summed E-state index contributed by atoms with van der Waals surface area (Å²) < 4.78 is 0. The summed E-state index contributed by atoms with van der Waals surface area (Å²) in [6, 6.07) is 0. The number of Topliss-reactive ketones (excluding diaryl/α,β-unsaturated/α-hetero) is 1. The third-order valence-corrected chi connectivity index (χ3v) is 2.90. The third-order valence-electron chi connectivity index (χ3n) is 1.95. The molecule has 1 atom stereocenters. The number of rotatable bonds is 3. The Hall–Kier alpha value is -0.510. The van der Waals surface area contributed by atoms with E-state index in [1.807, 2.05) is 6.26 Å². The van der Waals surface area contributed by atoms with Crippen molar-refractivity contribution in [3.63, 3.8) is 0 Å². The van der Waals surface area contributed by atoms with E-state index in [-0.39, 0.29) is 18.1 Å². The van der Waals surface area contributed by atoms with Crippen LogP contribution in [0.15, 0.2) is 0 Å². The molecular weight excluding hydrogens is 174 g/mol. The highest BCUT2D eigenvalue weighted by atomic mass is 32.2. The smallest absolute Gasteiger partial charge is 0.230 e. The largest absolute Gasteiger partial charge is 0.334 e. The molecule has 0 spiro atoms. The van der Waals surface area contributed by atoms with Crippen molar-refractivity contribution in [3.05, 3.63) is 0 Å². The molecule has 1 unspecified atom stereocenters. The Labute approximate surface area is 76.5 Å². The Morgan fingerprint density at radius 2 is 2.25 bits per heavy atom. The number of carbonyl (C=O) groups excluding carboxylic acids is 2. The fraction of sp³-hybridized carbons (Fsp3) is 0.750. The summed E-state index contributed by atoms with van der Waals surface area (Å²) in [7, 11) is 0. The molecule has 68 valence electrons. The van der Waals surface area contributed by atoms with Gasteiger partial charge in [0.25, 0.3) is 0 Å². The Kier molecular flexibility index (Phi) is 3.14. The number of carbonyl (C=O) groups is 2. The zero-order valence-electron chi connectivity index (χ0n) is 7.37.